The van der Waals surface area contributed by atoms with Crippen molar-refractivity contribution >= 4 is 85.9 Å². The number of amides is 2. The average Bonchev–Trinajstić information content (AvgIpc) is 3.31. The monoisotopic (exact) mass is 513 g/mol. The van der Waals surface area contributed by atoms with Crippen molar-refractivity contribution in [2.45, 2.75) is 12.8 Å². The van der Waals surface area contributed by atoms with Crippen molar-refractivity contribution in [1.29, 1.82) is 0 Å². The number of furan rings is 1. The molecule has 0 spiro atoms. The quantitative estimate of drug-likeness (QED) is 0.362. The zero-order chi connectivity index (χ0) is 20.7. The summed E-state index contributed by atoms with van der Waals surface area (Å²) >= 11 is 20.7. The molecule has 0 atom stereocenters. The SMILES string of the molecule is O=C1NC(=S)N(c2ccc(Cl)c(Cl)c2)C(=O)/C1=C/c1cc(Br)c(N2CCCC2)o1. The second-order valence-electron chi connectivity index (χ2n) is 6.55. The van der Waals surface area contributed by atoms with Gasteiger partial charge in [0, 0.05) is 19.2 Å². The highest BCUT2D eigenvalue weighted by atomic mass is 79.9. The van der Waals surface area contributed by atoms with E-state index in [0.29, 0.717) is 22.4 Å². The van der Waals surface area contributed by atoms with Crippen LogP contribution >= 0.6 is 51.3 Å². The van der Waals surface area contributed by atoms with Crippen molar-refractivity contribution in [3.8, 4) is 0 Å². The molecular weight excluding hydrogens is 501 g/mol. The van der Waals surface area contributed by atoms with Crippen LogP contribution in [0.5, 0.6) is 0 Å². The van der Waals surface area contributed by atoms with E-state index in [1.54, 1.807) is 18.2 Å². The van der Waals surface area contributed by atoms with Crippen molar-refractivity contribution in [3.63, 3.8) is 0 Å². The summed E-state index contributed by atoms with van der Waals surface area (Å²) in [6, 6.07) is 6.40. The first-order valence-corrected chi connectivity index (χ1v) is 10.7. The maximum absolute atomic E-state index is 13.1. The number of nitrogens with zero attached hydrogens (tertiary/aromatic N) is 2. The Labute approximate surface area is 190 Å². The summed E-state index contributed by atoms with van der Waals surface area (Å²) in [7, 11) is 0. The second-order valence-corrected chi connectivity index (χ2v) is 8.61. The lowest BCUT2D eigenvalue weighted by Crippen LogP contribution is -2.54. The molecule has 0 aliphatic carbocycles. The van der Waals surface area contributed by atoms with Gasteiger partial charge in [0.2, 0.25) is 5.88 Å². The molecule has 2 aromatic rings. The zero-order valence-electron chi connectivity index (χ0n) is 14.9. The summed E-state index contributed by atoms with van der Waals surface area (Å²) < 4.78 is 6.65. The van der Waals surface area contributed by atoms with Crippen molar-refractivity contribution in [3.05, 3.63) is 50.1 Å². The fraction of sp³-hybridized carbons (Fsp3) is 0.211. The van der Waals surface area contributed by atoms with E-state index in [9.17, 15) is 9.59 Å². The third-order valence-electron chi connectivity index (χ3n) is 4.63. The fourth-order valence-corrected chi connectivity index (χ4v) is 4.37. The van der Waals surface area contributed by atoms with Crippen LogP contribution in [0.15, 0.2) is 38.7 Å². The van der Waals surface area contributed by atoms with E-state index in [2.05, 4.69) is 26.1 Å². The van der Waals surface area contributed by atoms with Crippen molar-refractivity contribution in [2.24, 2.45) is 0 Å². The van der Waals surface area contributed by atoms with E-state index >= 15 is 0 Å². The minimum atomic E-state index is -0.591. The van der Waals surface area contributed by atoms with Gasteiger partial charge in [-0.25, -0.2) is 0 Å². The first kappa shape index (κ1) is 20.4. The van der Waals surface area contributed by atoms with Crippen LogP contribution in [0.4, 0.5) is 11.6 Å². The lowest BCUT2D eigenvalue weighted by Gasteiger charge is -2.29. The van der Waals surface area contributed by atoms with Gasteiger partial charge in [-0.05, 0) is 65.3 Å². The zero-order valence-corrected chi connectivity index (χ0v) is 18.8. The van der Waals surface area contributed by atoms with Crippen LogP contribution in [-0.4, -0.2) is 30.0 Å². The molecule has 2 amide bonds. The van der Waals surface area contributed by atoms with Gasteiger partial charge in [-0.3, -0.25) is 19.8 Å². The standard InChI is InChI=1S/C19H14BrCl2N3O3S/c20-13-9-11(28-18(13)24-5-1-2-6-24)8-12-16(26)23-19(29)25(17(12)27)10-3-4-14(21)15(22)7-10/h3-4,7-9H,1-2,5-6H2,(H,23,26,29)/b12-8+. The number of carbonyl (C=O) groups excluding carboxylic acids is 2. The highest BCUT2D eigenvalue weighted by molar-refractivity contribution is 9.10. The maximum atomic E-state index is 13.1. The molecule has 150 valence electrons. The number of hydrogen-bond donors (Lipinski definition) is 1. The number of hydrogen-bond acceptors (Lipinski definition) is 5. The van der Waals surface area contributed by atoms with E-state index in [-0.39, 0.29) is 15.7 Å². The van der Waals surface area contributed by atoms with Gasteiger partial charge in [-0.15, -0.1) is 0 Å². The average molecular weight is 515 g/mol. The Balaban J connectivity index is 1.68. The second kappa shape index (κ2) is 8.10. The Morgan fingerprint density at radius 2 is 1.86 bits per heavy atom. The summed E-state index contributed by atoms with van der Waals surface area (Å²) in [5.74, 6) is -0.0898. The van der Waals surface area contributed by atoms with E-state index in [4.69, 9.17) is 39.8 Å². The predicted octanol–water partition coefficient (Wildman–Crippen LogP) is 4.78. The molecule has 2 fully saturated rings. The first-order valence-electron chi connectivity index (χ1n) is 8.76. The molecule has 0 unspecified atom stereocenters. The molecule has 3 heterocycles. The lowest BCUT2D eigenvalue weighted by atomic mass is 10.1. The smallest absolute Gasteiger partial charge is 0.270 e. The molecule has 1 aromatic carbocycles. The molecule has 29 heavy (non-hydrogen) atoms. The predicted molar refractivity (Wildman–Crippen MR) is 121 cm³/mol. The van der Waals surface area contributed by atoms with Gasteiger partial charge in [0.05, 0.1) is 20.2 Å². The van der Waals surface area contributed by atoms with E-state index in [0.717, 1.165) is 30.4 Å². The Morgan fingerprint density at radius 3 is 2.55 bits per heavy atom. The van der Waals surface area contributed by atoms with Gasteiger partial charge in [0.1, 0.15) is 11.3 Å². The molecule has 1 N–H and O–H groups in total. The molecule has 2 saturated heterocycles. The van der Waals surface area contributed by atoms with Crippen LogP contribution in [0.3, 0.4) is 0 Å². The van der Waals surface area contributed by atoms with Gasteiger partial charge in [-0.2, -0.15) is 0 Å². The van der Waals surface area contributed by atoms with Crippen LogP contribution in [0.25, 0.3) is 6.08 Å². The Hall–Kier alpha value is -1.87. The molecule has 2 aliphatic heterocycles. The summed E-state index contributed by atoms with van der Waals surface area (Å²) in [5, 5.41) is 3.11. The van der Waals surface area contributed by atoms with E-state index < -0.39 is 11.8 Å². The number of rotatable bonds is 3. The lowest BCUT2D eigenvalue weighted by molar-refractivity contribution is -0.122. The number of anilines is 2. The number of halogens is 3. The third-order valence-corrected chi connectivity index (χ3v) is 6.22. The fourth-order valence-electron chi connectivity index (χ4n) is 3.24. The van der Waals surface area contributed by atoms with Crippen molar-refractivity contribution in [2.75, 3.05) is 22.9 Å². The minimum Gasteiger partial charge on any atom is -0.440 e. The van der Waals surface area contributed by atoms with Crippen LogP contribution in [0.2, 0.25) is 10.0 Å². The molecule has 2 aliphatic rings. The Morgan fingerprint density at radius 1 is 1.14 bits per heavy atom. The van der Waals surface area contributed by atoms with Gasteiger partial charge in [0.15, 0.2) is 5.11 Å². The molecule has 10 heteroatoms. The van der Waals surface area contributed by atoms with Gasteiger partial charge in [-0.1, -0.05) is 23.2 Å². The Bertz CT molecular complexity index is 1060. The van der Waals surface area contributed by atoms with Gasteiger partial charge >= 0.3 is 0 Å². The van der Waals surface area contributed by atoms with Crippen LogP contribution in [-0.2, 0) is 9.59 Å². The maximum Gasteiger partial charge on any atom is 0.270 e. The molecule has 1 aromatic heterocycles. The summed E-state index contributed by atoms with van der Waals surface area (Å²) in [6.45, 7) is 1.81. The molecule has 0 bridgehead atoms. The van der Waals surface area contributed by atoms with Crippen LogP contribution in [0.1, 0.15) is 18.6 Å². The number of carbonyl (C=O) groups is 2. The number of benzene rings is 1. The topological polar surface area (TPSA) is 65.8 Å². The van der Waals surface area contributed by atoms with Gasteiger partial charge in [0.25, 0.3) is 11.8 Å². The normalized spacial score (nSPS) is 18.7. The van der Waals surface area contributed by atoms with E-state index in [1.807, 2.05) is 0 Å². The van der Waals surface area contributed by atoms with E-state index in [1.165, 1.54) is 17.0 Å². The highest BCUT2D eigenvalue weighted by Gasteiger charge is 2.35. The highest BCUT2D eigenvalue weighted by Crippen LogP contribution is 2.34. The third kappa shape index (κ3) is 3.94. The largest absolute Gasteiger partial charge is 0.440 e. The minimum absolute atomic E-state index is 0.0334. The Kier molecular flexibility index (Phi) is 5.70. The number of nitrogens with one attached hydrogen (secondary N) is 1. The van der Waals surface area contributed by atoms with Gasteiger partial charge < -0.3 is 9.32 Å². The number of thiocarbonyl (C=S) groups is 1. The van der Waals surface area contributed by atoms with Crippen molar-refractivity contribution in [1.82, 2.24) is 5.32 Å². The molecule has 0 radical (unpaired) electrons. The molecule has 0 saturated carbocycles. The molecule has 4 rings (SSSR count). The van der Waals surface area contributed by atoms with Crippen LogP contribution < -0.4 is 15.1 Å². The van der Waals surface area contributed by atoms with Crippen molar-refractivity contribution < 1.29 is 14.0 Å². The summed E-state index contributed by atoms with van der Waals surface area (Å²) in [6.07, 6.45) is 3.61. The molecular formula is C19H14BrCl2N3O3S. The van der Waals surface area contributed by atoms with Crippen LogP contribution in [0, 0.1) is 0 Å². The summed E-state index contributed by atoms with van der Waals surface area (Å²) in [4.78, 5) is 28.8. The first-order chi connectivity index (χ1) is 13.8. The summed E-state index contributed by atoms with van der Waals surface area (Å²) in [5.41, 5.74) is 0.303. The molecule has 6 nitrogen and oxygen atoms in total.